The van der Waals surface area contributed by atoms with Gasteiger partial charge in [0.1, 0.15) is 0 Å². The van der Waals surface area contributed by atoms with E-state index in [9.17, 15) is 4.79 Å². The summed E-state index contributed by atoms with van der Waals surface area (Å²) in [5.74, 6) is 0.926. The predicted octanol–water partition coefficient (Wildman–Crippen LogP) is 1.09. The Hall–Kier alpha value is -0.320. The Kier molecular flexibility index (Phi) is 6.85. The molecule has 0 bridgehead atoms. The number of halogens is 1. The van der Waals surface area contributed by atoms with Gasteiger partial charge in [0.2, 0.25) is 5.91 Å². The van der Waals surface area contributed by atoms with Crippen molar-refractivity contribution in [3.63, 3.8) is 0 Å². The molecule has 2 rings (SSSR count). The number of amides is 1. The first-order valence-corrected chi connectivity index (χ1v) is 6.45. The van der Waals surface area contributed by atoms with Crippen molar-refractivity contribution >= 4 is 18.3 Å². The van der Waals surface area contributed by atoms with Crippen molar-refractivity contribution in [2.75, 3.05) is 26.3 Å². The zero-order chi connectivity index (χ0) is 11.2. The summed E-state index contributed by atoms with van der Waals surface area (Å²) in [6.45, 7) is 3.59. The summed E-state index contributed by atoms with van der Waals surface area (Å²) in [6, 6.07) is 0.0645. The van der Waals surface area contributed by atoms with Crippen LogP contribution in [0.25, 0.3) is 0 Å². The van der Waals surface area contributed by atoms with Gasteiger partial charge in [0.25, 0.3) is 0 Å². The summed E-state index contributed by atoms with van der Waals surface area (Å²) in [5, 5.41) is 6.24. The summed E-state index contributed by atoms with van der Waals surface area (Å²) in [6.07, 6.45) is 5.51. The summed E-state index contributed by atoms with van der Waals surface area (Å²) in [7, 11) is 0. The van der Waals surface area contributed by atoms with Crippen LogP contribution in [-0.4, -0.2) is 38.3 Å². The number of nitrogens with one attached hydrogen (secondary N) is 2. The number of hydrogen-bond acceptors (Lipinski definition) is 3. The van der Waals surface area contributed by atoms with E-state index in [-0.39, 0.29) is 24.4 Å². The van der Waals surface area contributed by atoms with Gasteiger partial charge in [-0.2, -0.15) is 0 Å². The van der Waals surface area contributed by atoms with Crippen LogP contribution >= 0.6 is 12.4 Å². The van der Waals surface area contributed by atoms with Gasteiger partial charge in [-0.1, -0.05) is 0 Å². The van der Waals surface area contributed by atoms with Gasteiger partial charge in [-0.05, 0) is 44.6 Å². The minimum absolute atomic E-state index is 0. The summed E-state index contributed by atoms with van der Waals surface area (Å²) in [5.41, 5.74) is 0. The fourth-order valence-corrected chi connectivity index (χ4v) is 2.47. The van der Waals surface area contributed by atoms with Gasteiger partial charge in [-0.3, -0.25) is 4.79 Å². The predicted molar refractivity (Wildman–Crippen MR) is 69.4 cm³/mol. The molecule has 4 nitrogen and oxygen atoms in total. The standard InChI is InChI=1S/C12H22N2O2.ClH/c15-12(11-2-1-6-13-11)14-7-3-10-4-8-16-9-5-10;/h10-11,13H,1-9H2,(H,14,15);1H/t11-;/m0./s1. The lowest BCUT2D eigenvalue weighted by molar-refractivity contribution is -0.122. The Labute approximate surface area is 109 Å². The molecular weight excluding hydrogens is 240 g/mol. The second kappa shape index (κ2) is 7.90. The molecule has 2 aliphatic rings. The molecule has 0 aromatic rings. The molecule has 0 aromatic heterocycles. The van der Waals surface area contributed by atoms with Gasteiger partial charge in [0, 0.05) is 19.8 Å². The minimum Gasteiger partial charge on any atom is -0.381 e. The molecule has 0 radical (unpaired) electrons. The van der Waals surface area contributed by atoms with Crippen molar-refractivity contribution < 1.29 is 9.53 Å². The highest BCUT2D eigenvalue weighted by molar-refractivity contribution is 5.85. The van der Waals surface area contributed by atoms with Crippen molar-refractivity contribution in [2.45, 2.75) is 38.1 Å². The average molecular weight is 263 g/mol. The molecule has 0 aliphatic carbocycles. The van der Waals surface area contributed by atoms with E-state index in [1.165, 1.54) is 0 Å². The molecule has 100 valence electrons. The quantitative estimate of drug-likeness (QED) is 0.798. The largest absolute Gasteiger partial charge is 0.381 e. The number of hydrogen-bond donors (Lipinski definition) is 2. The summed E-state index contributed by atoms with van der Waals surface area (Å²) in [4.78, 5) is 11.7. The normalized spacial score (nSPS) is 25.3. The van der Waals surface area contributed by atoms with Gasteiger partial charge in [-0.25, -0.2) is 0 Å². The Balaban J connectivity index is 0.00000144. The molecule has 2 heterocycles. The van der Waals surface area contributed by atoms with E-state index in [0.29, 0.717) is 0 Å². The number of carbonyl (C=O) groups excluding carboxylic acids is 1. The molecule has 17 heavy (non-hydrogen) atoms. The molecular formula is C12H23ClN2O2. The third-order valence-electron chi connectivity index (χ3n) is 3.57. The smallest absolute Gasteiger partial charge is 0.237 e. The maximum absolute atomic E-state index is 11.7. The summed E-state index contributed by atoms with van der Waals surface area (Å²) >= 11 is 0. The average Bonchev–Trinajstić information content (AvgIpc) is 2.84. The minimum atomic E-state index is 0. The first-order valence-electron chi connectivity index (χ1n) is 6.45. The second-order valence-corrected chi connectivity index (χ2v) is 4.78. The molecule has 0 saturated carbocycles. The zero-order valence-corrected chi connectivity index (χ0v) is 11.1. The van der Waals surface area contributed by atoms with Gasteiger partial charge >= 0.3 is 0 Å². The highest BCUT2D eigenvalue weighted by Gasteiger charge is 2.21. The molecule has 2 fully saturated rings. The van der Waals surface area contributed by atoms with Crippen LogP contribution in [0.2, 0.25) is 0 Å². The summed E-state index contributed by atoms with van der Waals surface area (Å²) < 4.78 is 5.31. The van der Waals surface area contributed by atoms with Gasteiger partial charge in [-0.15, -0.1) is 12.4 Å². The van der Waals surface area contributed by atoms with Gasteiger partial charge < -0.3 is 15.4 Å². The van der Waals surface area contributed by atoms with E-state index in [1.54, 1.807) is 0 Å². The van der Waals surface area contributed by atoms with Crippen LogP contribution in [0, 0.1) is 5.92 Å². The third-order valence-corrected chi connectivity index (χ3v) is 3.57. The monoisotopic (exact) mass is 262 g/mol. The second-order valence-electron chi connectivity index (χ2n) is 4.78. The molecule has 5 heteroatoms. The van der Waals surface area contributed by atoms with Crippen LogP contribution in [0.5, 0.6) is 0 Å². The first kappa shape index (κ1) is 14.7. The van der Waals surface area contributed by atoms with Gasteiger partial charge in [0.15, 0.2) is 0 Å². The van der Waals surface area contributed by atoms with E-state index in [0.717, 1.165) is 64.3 Å². The van der Waals surface area contributed by atoms with E-state index < -0.39 is 0 Å². The lowest BCUT2D eigenvalue weighted by Gasteiger charge is -2.22. The first-order chi connectivity index (χ1) is 7.86. The van der Waals surface area contributed by atoms with Crippen LogP contribution in [0.3, 0.4) is 0 Å². The highest BCUT2D eigenvalue weighted by atomic mass is 35.5. The maximum Gasteiger partial charge on any atom is 0.237 e. The molecule has 0 spiro atoms. The number of rotatable bonds is 4. The van der Waals surface area contributed by atoms with E-state index in [1.807, 2.05) is 0 Å². The van der Waals surface area contributed by atoms with E-state index in [2.05, 4.69) is 10.6 Å². The van der Waals surface area contributed by atoms with Crippen molar-refractivity contribution in [2.24, 2.45) is 5.92 Å². The van der Waals surface area contributed by atoms with Crippen LogP contribution in [-0.2, 0) is 9.53 Å². The Morgan fingerprint density at radius 3 is 2.71 bits per heavy atom. The number of carbonyl (C=O) groups is 1. The Bertz CT molecular complexity index is 227. The fourth-order valence-electron chi connectivity index (χ4n) is 2.47. The molecule has 1 atom stereocenters. The maximum atomic E-state index is 11.7. The lowest BCUT2D eigenvalue weighted by Crippen LogP contribution is -2.41. The lowest BCUT2D eigenvalue weighted by atomic mass is 9.97. The Morgan fingerprint density at radius 1 is 1.29 bits per heavy atom. The van der Waals surface area contributed by atoms with Crippen LogP contribution < -0.4 is 10.6 Å². The molecule has 2 saturated heterocycles. The van der Waals surface area contributed by atoms with E-state index >= 15 is 0 Å². The molecule has 0 unspecified atom stereocenters. The molecule has 1 amide bonds. The SMILES string of the molecule is Cl.O=C(NCCC1CCOCC1)[C@@H]1CCCN1. The van der Waals surface area contributed by atoms with Crippen molar-refractivity contribution in [1.29, 1.82) is 0 Å². The molecule has 2 N–H and O–H groups in total. The van der Waals surface area contributed by atoms with Crippen LogP contribution in [0.1, 0.15) is 32.1 Å². The Morgan fingerprint density at radius 2 is 2.06 bits per heavy atom. The van der Waals surface area contributed by atoms with Crippen molar-refractivity contribution in [3.8, 4) is 0 Å². The van der Waals surface area contributed by atoms with Crippen LogP contribution in [0.15, 0.2) is 0 Å². The molecule has 0 aromatic carbocycles. The number of ether oxygens (including phenoxy) is 1. The van der Waals surface area contributed by atoms with Crippen LogP contribution in [0.4, 0.5) is 0 Å². The fraction of sp³-hybridized carbons (Fsp3) is 0.917. The topological polar surface area (TPSA) is 50.4 Å². The van der Waals surface area contributed by atoms with E-state index in [4.69, 9.17) is 4.74 Å². The van der Waals surface area contributed by atoms with Crippen molar-refractivity contribution in [1.82, 2.24) is 10.6 Å². The van der Waals surface area contributed by atoms with Crippen molar-refractivity contribution in [3.05, 3.63) is 0 Å². The zero-order valence-electron chi connectivity index (χ0n) is 10.2. The van der Waals surface area contributed by atoms with Gasteiger partial charge in [0.05, 0.1) is 6.04 Å². The highest BCUT2D eigenvalue weighted by Crippen LogP contribution is 2.17. The third kappa shape index (κ3) is 4.82. The molecule has 2 aliphatic heterocycles.